The Morgan fingerprint density at radius 3 is 2.83 bits per heavy atom. The van der Waals surface area contributed by atoms with Crippen LogP contribution in [0.2, 0.25) is 0 Å². The van der Waals surface area contributed by atoms with E-state index in [4.69, 9.17) is 0 Å². The predicted molar refractivity (Wildman–Crippen MR) is 76.1 cm³/mol. The smallest absolute Gasteiger partial charge is 0.283 e. The van der Waals surface area contributed by atoms with Crippen LogP contribution in [0.25, 0.3) is 0 Å². The number of nitro groups is 1. The SMILES string of the molecule is CCS(=O)CCNCc1cccc([N+](=O)[O-])c1Br. The number of halogens is 1. The number of rotatable bonds is 7. The highest BCUT2D eigenvalue weighted by Gasteiger charge is 2.14. The fourth-order valence-electron chi connectivity index (χ4n) is 1.40. The van der Waals surface area contributed by atoms with Crippen molar-refractivity contribution in [1.29, 1.82) is 0 Å². The first-order chi connectivity index (χ1) is 8.56. The molecule has 0 aromatic heterocycles. The molecular weight excluding hydrogens is 320 g/mol. The first-order valence-corrected chi connectivity index (χ1v) is 7.81. The summed E-state index contributed by atoms with van der Waals surface area (Å²) in [4.78, 5) is 10.3. The summed E-state index contributed by atoms with van der Waals surface area (Å²) in [5.74, 6) is 1.26. The van der Waals surface area contributed by atoms with Gasteiger partial charge in [0, 0.05) is 41.5 Å². The number of nitro benzene ring substituents is 1. The number of nitrogens with one attached hydrogen (secondary N) is 1. The van der Waals surface area contributed by atoms with E-state index in [1.807, 2.05) is 13.0 Å². The fourth-order valence-corrected chi connectivity index (χ4v) is 2.61. The Kier molecular flexibility index (Phi) is 6.45. The molecule has 0 radical (unpaired) electrons. The van der Waals surface area contributed by atoms with Gasteiger partial charge in [0.1, 0.15) is 0 Å². The summed E-state index contributed by atoms with van der Waals surface area (Å²) in [7, 11) is -0.784. The maximum absolute atomic E-state index is 11.2. The topological polar surface area (TPSA) is 72.2 Å². The Balaban J connectivity index is 2.55. The third-order valence-electron chi connectivity index (χ3n) is 2.40. The van der Waals surface area contributed by atoms with Crippen LogP contribution < -0.4 is 5.32 Å². The lowest BCUT2D eigenvalue weighted by Crippen LogP contribution is -2.20. The van der Waals surface area contributed by atoms with E-state index in [9.17, 15) is 14.3 Å². The number of nitrogens with zero attached hydrogens (tertiary/aromatic N) is 1. The highest BCUT2D eigenvalue weighted by Crippen LogP contribution is 2.27. The average Bonchev–Trinajstić information content (AvgIpc) is 2.35. The number of hydrogen-bond acceptors (Lipinski definition) is 4. The largest absolute Gasteiger partial charge is 0.312 e. The molecule has 5 nitrogen and oxygen atoms in total. The maximum Gasteiger partial charge on any atom is 0.283 e. The van der Waals surface area contributed by atoms with Gasteiger partial charge in [0.2, 0.25) is 0 Å². The highest BCUT2D eigenvalue weighted by molar-refractivity contribution is 9.10. The van der Waals surface area contributed by atoms with Crippen LogP contribution in [0, 0.1) is 10.1 Å². The summed E-state index contributed by atoms with van der Waals surface area (Å²) in [6.45, 7) is 3.03. The summed E-state index contributed by atoms with van der Waals surface area (Å²) in [6.07, 6.45) is 0. The lowest BCUT2D eigenvalue weighted by Gasteiger charge is -2.06. The van der Waals surface area contributed by atoms with Crippen LogP contribution in [-0.2, 0) is 17.3 Å². The Morgan fingerprint density at radius 1 is 1.50 bits per heavy atom. The molecule has 0 saturated carbocycles. The van der Waals surface area contributed by atoms with Crippen molar-refractivity contribution in [3.05, 3.63) is 38.3 Å². The van der Waals surface area contributed by atoms with E-state index in [1.54, 1.807) is 6.07 Å². The summed E-state index contributed by atoms with van der Waals surface area (Å²) in [6, 6.07) is 4.94. The van der Waals surface area contributed by atoms with Crippen LogP contribution in [0.1, 0.15) is 12.5 Å². The molecule has 1 unspecified atom stereocenters. The van der Waals surface area contributed by atoms with Crippen molar-refractivity contribution < 1.29 is 9.13 Å². The van der Waals surface area contributed by atoms with Crippen molar-refractivity contribution in [1.82, 2.24) is 5.32 Å². The van der Waals surface area contributed by atoms with Gasteiger partial charge in [-0.3, -0.25) is 14.3 Å². The van der Waals surface area contributed by atoms with Crippen molar-refractivity contribution in [2.45, 2.75) is 13.5 Å². The van der Waals surface area contributed by atoms with Gasteiger partial charge >= 0.3 is 0 Å². The average molecular weight is 335 g/mol. The van der Waals surface area contributed by atoms with Crippen molar-refractivity contribution >= 4 is 32.4 Å². The molecule has 1 aromatic rings. The summed E-state index contributed by atoms with van der Waals surface area (Å²) < 4.78 is 11.7. The van der Waals surface area contributed by atoms with Crippen LogP contribution >= 0.6 is 15.9 Å². The molecule has 0 spiro atoms. The zero-order valence-electron chi connectivity index (χ0n) is 10.0. The molecule has 7 heteroatoms. The minimum Gasteiger partial charge on any atom is -0.312 e. The van der Waals surface area contributed by atoms with Gasteiger partial charge in [-0.05, 0) is 21.5 Å². The molecule has 100 valence electrons. The predicted octanol–water partition coefficient (Wildman–Crippen LogP) is 2.22. The van der Waals surface area contributed by atoms with E-state index < -0.39 is 15.7 Å². The summed E-state index contributed by atoms with van der Waals surface area (Å²) in [5, 5.41) is 13.9. The third-order valence-corrected chi connectivity index (χ3v) is 4.62. The van der Waals surface area contributed by atoms with Crippen molar-refractivity contribution in [3.8, 4) is 0 Å². The van der Waals surface area contributed by atoms with Crippen LogP contribution in [0.5, 0.6) is 0 Å². The summed E-state index contributed by atoms with van der Waals surface area (Å²) in [5.41, 5.74) is 0.887. The molecular formula is C11H15BrN2O3S. The normalized spacial score (nSPS) is 12.3. The molecule has 1 N–H and O–H groups in total. The lowest BCUT2D eigenvalue weighted by atomic mass is 10.2. The summed E-state index contributed by atoms with van der Waals surface area (Å²) >= 11 is 3.23. The number of hydrogen-bond donors (Lipinski definition) is 1. The standard InChI is InChI=1S/C11H15BrN2O3S/c1-2-18(17)7-6-13-8-9-4-3-5-10(11(9)12)14(15)16/h3-5,13H,2,6-8H2,1H3. The van der Waals surface area contributed by atoms with Crippen molar-refractivity contribution in [3.63, 3.8) is 0 Å². The zero-order chi connectivity index (χ0) is 13.5. The minimum atomic E-state index is -0.784. The quantitative estimate of drug-likeness (QED) is 0.471. The molecule has 0 amide bonds. The Morgan fingerprint density at radius 2 is 2.22 bits per heavy atom. The van der Waals surface area contributed by atoms with Gasteiger partial charge in [0.05, 0.1) is 9.40 Å². The molecule has 18 heavy (non-hydrogen) atoms. The molecule has 0 aliphatic heterocycles. The maximum atomic E-state index is 11.2. The molecule has 1 aromatic carbocycles. The van der Waals surface area contributed by atoms with Crippen molar-refractivity contribution in [2.75, 3.05) is 18.1 Å². The monoisotopic (exact) mass is 334 g/mol. The highest BCUT2D eigenvalue weighted by atomic mass is 79.9. The lowest BCUT2D eigenvalue weighted by molar-refractivity contribution is -0.385. The Bertz CT molecular complexity index is 454. The second-order valence-corrected chi connectivity index (χ2v) is 6.28. The van der Waals surface area contributed by atoms with Gasteiger partial charge in [0.15, 0.2) is 0 Å². The Hall–Kier alpha value is -0.790. The first-order valence-electron chi connectivity index (χ1n) is 5.53. The second-order valence-electron chi connectivity index (χ2n) is 3.62. The molecule has 0 fully saturated rings. The van der Waals surface area contributed by atoms with Crippen LogP contribution in [0.15, 0.2) is 22.7 Å². The molecule has 0 heterocycles. The Labute approximate surface area is 117 Å². The van der Waals surface area contributed by atoms with Gasteiger partial charge in [0.25, 0.3) is 5.69 Å². The van der Waals surface area contributed by atoms with Crippen LogP contribution in [-0.4, -0.2) is 27.2 Å². The van der Waals surface area contributed by atoms with E-state index in [0.717, 1.165) is 5.56 Å². The van der Waals surface area contributed by atoms with E-state index >= 15 is 0 Å². The van der Waals surface area contributed by atoms with E-state index in [0.29, 0.717) is 29.1 Å². The molecule has 0 bridgehead atoms. The van der Waals surface area contributed by atoms with E-state index in [-0.39, 0.29) is 5.69 Å². The first kappa shape index (κ1) is 15.3. The molecule has 0 aliphatic rings. The zero-order valence-corrected chi connectivity index (χ0v) is 12.4. The number of benzene rings is 1. The second kappa shape index (κ2) is 7.60. The van der Waals surface area contributed by atoms with Crippen LogP contribution in [0.3, 0.4) is 0 Å². The molecule has 1 rings (SSSR count). The molecule has 0 saturated heterocycles. The molecule has 1 atom stereocenters. The molecule has 0 aliphatic carbocycles. The van der Waals surface area contributed by atoms with Gasteiger partial charge in [-0.15, -0.1) is 0 Å². The van der Waals surface area contributed by atoms with E-state index in [2.05, 4.69) is 21.2 Å². The third kappa shape index (κ3) is 4.47. The fraction of sp³-hybridized carbons (Fsp3) is 0.455. The van der Waals surface area contributed by atoms with Crippen molar-refractivity contribution in [2.24, 2.45) is 0 Å². The van der Waals surface area contributed by atoms with Gasteiger partial charge in [-0.1, -0.05) is 19.1 Å². The van der Waals surface area contributed by atoms with E-state index in [1.165, 1.54) is 6.07 Å². The van der Waals surface area contributed by atoms with Gasteiger partial charge < -0.3 is 5.32 Å². The minimum absolute atomic E-state index is 0.0615. The van der Waals surface area contributed by atoms with Crippen LogP contribution in [0.4, 0.5) is 5.69 Å². The van der Waals surface area contributed by atoms with Gasteiger partial charge in [-0.25, -0.2) is 0 Å². The van der Waals surface area contributed by atoms with Gasteiger partial charge in [-0.2, -0.15) is 0 Å².